The third-order valence-electron chi connectivity index (χ3n) is 11.6. The van der Waals surface area contributed by atoms with Gasteiger partial charge in [-0.25, -0.2) is 15.0 Å². The van der Waals surface area contributed by atoms with Crippen molar-refractivity contribution in [2.75, 3.05) is 0 Å². The number of furan rings is 1. The van der Waals surface area contributed by atoms with Crippen LogP contribution in [0.2, 0.25) is 0 Å². The number of thiophene rings is 1. The van der Waals surface area contributed by atoms with Crippen molar-refractivity contribution in [3.8, 4) is 39.9 Å². The van der Waals surface area contributed by atoms with E-state index in [1.54, 1.807) is 0 Å². The lowest BCUT2D eigenvalue weighted by Gasteiger charge is -2.11. The number of para-hydroxylation sites is 2. The van der Waals surface area contributed by atoms with Crippen molar-refractivity contribution in [1.29, 1.82) is 0 Å². The second-order valence-electron chi connectivity index (χ2n) is 15.1. The van der Waals surface area contributed by atoms with Crippen molar-refractivity contribution in [2.45, 2.75) is 12.8 Å². The molecule has 278 valence electrons. The average molecular weight is 775 g/mol. The number of nitrogens with zero attached hydrogens (tertiary/aromatic N) is 4. The number of aromatic nitrogens is 4. The number of aryl methyl sites for hydroxylation is 2. The summed E-state index contributed by atoms with van der Waals surface area (Å²) in [6.07, 6.45) is 1.80. The Morgan fingerprint density at radius 1 is 0.424 bits per heavy atom. The second-order valence-corrected chi connectivity index (χ2v) is 16.2. The molecule has 4 heterocycles. The minimum Gasteiger partial charge on any atom is -0.456 e. The van der Waals surface area contributed by atoms with Gasteiger partial charge in [0, 0.05) is 53.0 Å². The van der Waals surface area contributed by atoms with Crippen LogP contribution in [0.4, 0.5) is 0 Å². The summed E-state index contributed by atoms with van der Waals surface area (Å²) in [6.45, 7) is 0. The van der Waals surface area contributed by atoms with Crippen LogP contribution in [0.1, 0.15) is 11.1 Å². The molecule has 0 N–H and O–H groups in total. The molecule has 0 fully saturated rings. The lowest BCUT2D eigenvalue weighted by Crippen LogP contribution is -1.99. The molecular formula is C53H34N4OS. The first kappa shape index (κ1) is 33.7. The van der Waals surface area contributed by atoms with Crippen LogP contribution in [-0.4, -0.2) is 19.5 Å². The fourth-order valence-corrected chi connectivity index (χ4v) is 10.0. The van der Waals surface area contributed by atoms with Gasteiger partial charge in [0.15, 0.2) is 17.5 Å². The van der Waals surface area contributed by atoms with Crippen LogP contribution in [0.25, 0.3) is 104 Å². The molecule has 12 aromatic rings. The van der Waals surface area contributed by atoms with Crippen molar-refractivity contribution in [1.82, 2.24) is 19.5 Å². The Hall–Kier alpha value is -7.41. The van der Waals surface area contributed by atoms with E-state index in [9.17, 15) is 0 Å². The van der Waals surface area contributed by atoms with Gasteiger partial charge < -0.3 is 8.98 Å². The maximum absolute atomic E-state index is 6.57. The quantitative estimate of drug-likeness (QED) is 0.162. The van der Waals surface area contributed by atoms with E-state index in [0.717, 1.165) is 51.8 Å². The number of rotatable bonds is 7. The molecule has 6 heteroatoms. The lowest BCUT2D eigenvalue weighted by molar-refractivity contribution is 0.668. The molecule has 0 amide bonds. The highest BCUT2D eigenvalue weighted by Gasteiger charge is 2.20. The fraction of sp³-hybridized carbons (Fsp3) is 0.0377. The third kappa shape index (κ3) is 5.64. The van der Waals surface area contributed by atoms with E-state index in [1.165, 1.54) is 58.5 Å². The van der Waals surface area contributed by atoms with Crippen molar-refractivity contribution in [2.24, 2.45) is 0 Å². The first-order chi connectivity index (χ1) is 29.2. The summed E-state index contributed by atoms with van der Waals surface area (Å²) in [7, 11) is 0. The molecule has 8 aromatic carbocycles. The Balaban J connectivity index is 0.906. The summed E-state index contributed by atoms with van der Waals surface area (Å²) >= 11 is 1.83. The summed E-state index contributed by atoms with van der Waals surface area (Å²) < 4.78 is 11.5. The zero-order valence-corrected chi connectivity index (χ0v) is 32.7. The van der Waals surface area contributed by atoms with Crippen molar-refractivity contribution in [3.05, 3.63) is 193 Å². The maximum atomic E-state index is 6.57. The molecular weight excluding hydrogens is 741 g/mol. The van der Waals surface area contributed by atoms with Crippen LogP contribution in [-0.2, 0) is 12.8 Å². The summed E-state index contributed by atoms with van der Waals surface area (Å²) in [6, 6.07) is 64.2. The van der Waals surface area contributed by atoms with Gasteiger partial charge in [-0.3, -0.25) is 0 Å². The van der Waals surface area contributed by atoms with Gasteiger partial charge >= 0.3 is 0 Å². The Bertz CT molecular complexity index is 3450. The molecule has 0 aliphatic rings. The summed E-state index contributed by atoms with van der Waals surface area (Å²) in [5, 5.41) is 7.37. The Morgan fingerprint density at radius 2 is 0.983 bits per heavy atom. The van der Waals surface area contributed by atoms with Crippen molar-refractivity contribution in [3.63, 3.8) is 0 Å². The predicted octanol–water partition coefficient (Wildman–Crippen LogP) is 14.0. The summed E-state index contributed by atoms with van der Waals surface area (Å²) in [5.41, 5.74) is 10.9. The Labute approximate surface area is 343 Å². The molecule has 12 rings (SSSR count). The van der Waals surface area contributed by atoms with Crippen LogP contribution in [0.5, 0.6) is 0 Å². The van der Waals surface area contributed by atoms with E-state index in [2.05, 4.69) is 126 Å². The Morgan fingerprint density at radius 3 is 1.66 bits per heavy atom. The van der Waals surface area contributed by atoms with Crippen LogP contribution < -0.4 is 0 Å². The van der Waals surface area contributed by atoms with Gasteiger partial charge in [0.1, 0.15) is 11.2 Å². The fourth-order valence-electron chi connectivity index (χ4n) is 8.83. The molecule has 59 heavy (non-hydrogen) atoms. The van der Waals surface area contributed by atoms with Crippen molar-refractivity contribution >= 4 is 75.3 Å². The van der Waals surface area contributed by atoms with E-state index >= 15 is 0 Å². The molecule has 0 atom stereocenters. The maximum Gasteiger partial charge on any atom is 0.164 e. The van der Waals surface area contributed by atoms with Gasteiger partial charge in [0.05, 0.1) is 22.1 Å². The van der Waals surface area contributed by atoms with Gasteiger partial charge in [0.25, 0.3) is 0 Å². The summed E-state index contributed by atoms with van der Waals surface area (Å²) in [4.78, 5) is 14.9. The van der Waals surface area contributed by atoms with Gasteiger partial charge in [0.2, 0.25) is 0 Å². The number of hydrogen-bond acceptors (Lipinski definition) is 5. The number of benzene rings is 8. The van der Waals surface area contributed by atoms with Crippen LogP contribution in [0.3, 0.4) is 0 Å². The van der Waals surface area contributed by atoms with Crippen LogP contribution in [0, 0.1) is 0 Å². The topological polar surface area (TPSA) is 56.7 Å². The zero-order chi connectivity index (χ0) is 38.9. The van der Waals surface area contributed by atoms with E-state index in [-0.39, 0.29) is 0 Å². The smallest absolute Gasteiger partial charge is 0.164 e. The van der Waals surface area contributed by atoms with E-state index in [0.29, 0.717) is 17.5 Å². The van der Waals surface area contributed by atoms with E-state index in [1.807, 2.05) is 72.0 Å². The highest BCUT2D eigenvalue weighted by Crippen LogP contribution is 2.41. The minimum atomic E-state index is 0.664. The lowest BCUT2D eigenvalue weighted by atomic mass is 9.98. The molecule has 0 saturated carbocycles. The minimum absolute atomic E-state index is 0.664. The van der Waals surface area contributed by atoms with Crippen molar-refractivity contribution < 1.29 is 4.42 Å². The predicted molar refractivity (Wildman–Crippen MR) is 244 cm³/mol. The third-order valence-corrected chi connectivity index (χ3v) is 12.7. The first-order valence-corrected chi connectivity index (χ1v) is 20.8. The van der Waals surface area contributed by atoms with Gasteiger partial charge in [-0.15, -0.1) is 11.3 Å². The highest BCUT2D eigenvalue weighted by molar-refractivity contribution is 7.25. The van der Waals surface area contributed by atoms with Crippen LogP contribution >= 0.6 is 11.3 Å². The first-order valence-electron chi connectivity index (χ1n) is 20.0. The average Bonchev–Trinajstić information content (AvgIpc) is 3.98. The molecule has 0 bridgehead atoms. The normalized spacial score (nSPS) is 11.9. The molecule has 0 aliphatic heterocycles. The van der Waals surface area contributed by atoms with E-state index < -0.39 is 0 Å². The molecule has 4 aromatic heterocycles. The number of hydrogen-bond donors (Lipinski definition) is 0. The molecule has 0 aliphatic carbocycles. The van der Waals surface area contributed by atoms with Crippen LogP contribution in [0.15, 0.2) is 186 Å². The van der Waals surface area contributed by atoms with E-state index in [4.69, 9.17) is 19.4 Å². The molecule has 0 saturated heterocycles. The monoisotopic (exact) mass is 774 g/mol. The summed E-state index contributed by atoms with van der Waals surface area (Å²) in [5.74, 6) is 2.00. The SMILES string of the molecule is c1ccc(-c2nc(-c3ccccc3)nc(-c3ccc4c(c3)sc3cc(CCc5cccc6oc7cccc(-n8c9ccccc9c9ccccc98)c7c56)ccc34)n2)cc1. The Kier molecular flexibility index (Phi) is 7.78. The second kappa shape index (κ2) is 13.6. The van der Waals surface area contributed by atoms with Gasteiger partial charge in [-0.2, -0.15) is 0 Å². The number of fused-ring (bicyclic) bond motifs is 9. The van der Waals surface area contributed by atoms with Gasteiger partial charge in [-0.05, 0) is 66.4 Å². The molecule has 0 unspecified atom stereocenters. The van der Waals surface area contributed by atoms with Gasteiger partial charge in [-0.1, -0.05) is 140 Å². The molecule has 0 spiro atoms. The standard InChI is InChI=1S/C53H34N4OS/c1-3-13-35(14-4-1)51-54-52(36-15-5-2-6-16-36)56-53(55-51)37-28-30-41-40-29-26-33(31-47(40)59-48(41)32-37)25-27-34-17-11-23-45-49(34)50-44(22-12-24-46(50)58-45)57-42-20-9-7-18-38(42)39-19-8-10-21-43(39)57/h1-24,26,28-32H,25,27H2. The highest BCUT2D eigenvalue weighted by atomic mass is 32.1. The molecule has 5 nitrogen and oxygen atoms in total. The zero-order valence-electron chi connectivity index (χ0n) is 31.8. The largest absolute Gasteiger partial charge is 0.456 e. The molecule has 0 radical (unpaired) electrons.